The molecule has 0 aliphatic heterocycles. The van der Waals surface area contributed by atoms with E-state index in [1.165, 1.54) is 31.8 Å². The van der Waals surface area contributed by atoms with Gasteiger partial charge in [-0.2, -0.15) is 0 Å². The summed E-state index contributed by atoms with van der Waals surface area (Å²) in [5, 5.41) is 8.44. The maximum absolute atomic E-state index is 10.2. The Morgan fingerprint density at radius 3 is 1.78 bits per heavy atom. The smallest absolute Gasteiger partial charge is 0.303 e. The Balaban J connectivity index is 0. The molecule has 0 unspecified atom stereocenters. The monoisotopic (exact) mass is 321 g/mol. The number of isocyanates is 1. The third-order valence-corrected chi connectivity index (χ3v) is 2.73. The molecule has 0 fully saturated rings. The lowest BCUT2D eigenvalue weighted by molar-refractivity contribution is -0.137. The number of halogens is 1. The van der Waals surface area contributed by atoms with Crippen LogP contribution in [0.2, 0.25) is 0 Å². The van der Waals surface area contributed by atoms with Crippen molar-refractivity contribution < 1.29 is 14.7 Å². The summed E-state index contributed by atoms with van der Waals surface area (Å²) in [6, 6.07) is 0. The van der Waals surface area contributed by atoms with E-state index in [0.29, 0.717) is 13.0 Å². The van der Waals surface area contributed by atoms with Crippen LogP contribution in [0.1, 0.15) is 64.2 Å². The average molecular weight is 322 g/mol. The zero-order valence-corrected chi connectivity index (χ0v) is 12.6. The highest BCUT2D eigenvalue weighted by molar-refractivity contribution is 8.93. The fourth-order valence-electron chi connectivity index (χ4n) is 1.75. The second-order valence-electron chi connectivity index (χ2n) is 4.30. The molecule has 0 aromatic rings. The molecule has 0 bridgehead atoms. The molecule has 0 amide bonds. The Morgan fingerprint density at radius 1 is 0.889 bits per heavy atom. The van der Waals surface area contributed by atoms with Gasteiger partial charge in [-0.1, -0.05) is 44.9 Å². The van der Waals surface area contributed by atoms with Gasteiger partial charge in [0, 0.05) is 6.42 Å². The molecule has 0 saturated heterocycles. The van der Waals surface area contributed by atoms with Crippen molar-refractivity contribution in [2.45, 2.75) is 64.2 Å². The van der Waals surface area contributed by atoms with Crippen LogP contribution in [-0.2, 0) is 9.59 Å². The van der Waals surface area contributed by atoms with E-state index in [0.717, 1.165) is 32.1 Å². The van der Waals surface area contributed by atoms with Crippen molar-refractivity contribution >= 4 is 29.0 Å². The molecule has 0 aromatic carbocycles. The first-order valence-corrected chi connectivity index (χ1v) is 6.53. The first-order chi connectivity index (χ1) is 8.27. The highest BCUT2D eigenvalue weighted by Gasteiger charge is 1.96. The summed E-state index contributed by atoms with van der Waals surface area (Å²) in [6.07, 6.45) is 11.8. The molecule has 0 aliphatic rings. The van der Waals surface area contributed by atoms with E-state index in [4.69, 9.17) is 5.11 Å². The number of hydrogen-bond donors (Lipinski definition) is 1. The summed E-state index contributed by atoms with van der Waals surface area (Å²) in [6.45, 7) is 0.610. The van der Waals surface area contributed by atoms with Crippen LogP contribution >= 0.6 is 17.0 Å². The van der Waals surface area contributed by atoms with Crippen LogP contribution < -0.4 is 0 Å². The van der Waals surface area contributed by atoms with Gasteiger partial charge in [-0.05, 0) is 12.8 Å². The molecule has 0 rings (SSSR count). The van der Waals surface area contributed by atoms with Crippen molar-refractivity contribution in [1.29, 1.82) is 0 Å². The third kappa shape index (κ3) is 17.7. The molecule has 0 aliphatic carbocycles. The summed E-state index contributed by atoms with van der Waals surface area (Å²) in [5.74, 6) is -0.692. The minimum atomic E-state index is -0.692. The standard InChI is InChI=1S/C13H23NO3.BrH/c15-12-14-11-9-7-5-3-1-2-4-6-8-10-13(16)17;/h1-11H2,(H,16,17);1H. The van der Waals surface area contributed by atoms with Crippen molar-refractivity contribution in [2.24, 2.45) is 4.99 Å². The van der Waals surface area contributed by atoms with Gasteiger partial charge in [0.2, 0.25) is 6.08 Å². The Kier molecular flexibility index (Phi) is 17.8. The molecule has 106 valence electrons. The Hall–Kier alpha value is -0.670. The van der Waals surface area contributed by atoms with Crippen LogP contribution in [-0.4, -0.2) is 23.7 Å². The van der Waals surface area contributed by atoms with E-state index >= 15 is 0 Å². The predicted octanol–water partition coefficient (Wildman–Crippen LogP) is 3.89. The molecular weight excluding hydrogens is 298 g/mol. The lowest BCUT2D eigenvalue weighted by Crippen LogP contribution is -1.93. The highest BCUT2D eigenvalue weighted by Crippen LogP contribution is 2.10. The number of carboxylic acids is 1. The maximum atomic E-state index is 10.2. The van der Waals surface area contributed by atoms with Crippen LogP contribution in [0.3, 0.4) is 0 Å². The van der Waals surface area contributed by atoms with Crippen LogP contribution in [0.15, 0.2) is 4.99 Å². The number of aliphatic carboxylic acids is 1. The van der Waals surface area contributed by atoms with Gasteiger partial charge < -0.3 is 5.11 Å². The van der Waals surface area contributed by atoms with Gasteiger partial charge in [-0.3, -0.25) is 4.79 Å². The van der Waals surface area contributed by atoms with E-state index in [2.05, 4.69) is 4.99 Å². The number of carbonyl (C=O) groups excluding carboxylic acids is 1. The normalized spacial score (nSPS) is 9.33. The van der Waals surface area contributed by atoms with Crippen LogP contribution in [0.4, 0.5) is 0 Å². The van der Waals surface area contributed by atoms with Crippen LogP contribution in [0.5, 0.6) is 0 Å². The van der Waals surface area contributed by atoms with Crippen LogP contribution in [0.25, 0.3) is 0 Å². The lowest BCUT2D eigenvalue weighted by Gasteiger charge is -2.00. The fourth-order valence-corrected chi connectivity index (χ4v) is 1.75. The zero-order valence-electron chi connectivity index (χ0n) is 10.9. The molecular formula is C13H24BrNO3. The number of nitrogens with zero attached hydrogens (tertiary/aromatic N) is 1. The third-order valence-electron chi connectivity index (χ3n) is 2.73. The van der Waals surface area contributed by atoms with Gasteiger partial charge in [-0.25, -0.2) is 9.79 Å². The average Bonchev–Trinajstić information content (AvgIpc) is 2.30. The fraction of sp³-hybridized carbons (Fsp3) is 0.846. The van der Waals surface area contributed by atoms with E-state index in [9.17, 15) is 9.59 Å². The number of carboxylic acid groups (broad SMARTS) is 1. The summed E-state index contributed by atoms with van der Waals surface area (Å²) in [4.78, 5) is 23.5. The molecule has 0 atom stereocenters. The summed E-state index contributed by atoms with van der Waals surface area (Å²) in [7, 11) is 0. The molecule has 1 N–H and O–H groups in total. The Morgan fingerprint density at radius 2 is 1.33 bits per heavy atom. The van der Waals surface area contributed by atoms with Gasteiger partial charge in [0.15, 0.2) is 0 Å². The molecule has 0 spiro atoms. The van der Waals surface area contributed by atoms with Gasteiger partial charge in [0.05, 0.1) is 6.54 Å². The first-order valence-electron chi connectivity index (χ1n) is 6.53. The summed E-state index contributed by atoms with van der Waals surface area (Å²) < 4.78 is 0. The van der Waals surface area contributed by atoms with Gasteiger partial charge in [0.25, 0.3) is 0 Å². The molecule has 5 heteroatoms. The van der Waals surface area contributed by atoms with Crippen molar-refractivity contribution in [1.82, 2.24) is 0 Å². The second kappa shape index (κ2) is 16.3. The predicted molar refractivity (Wildman–Crippen MR) is 77.1 cm³/mol. The maximum Gasteiger partial charge on any atom is 0.303 e. The van der Waals surface area contributed by atoms with Gasteiger partial charge >= 0.3 is 5.97 Å². The molecule has 18 heavy (non-hydrogen) atoms. The second-order valence-corrected chi connectivity index (χ2v) is 4.30. The van der Waals surface area contributed by atoms with E-state index in [1.54, 1.807) is 0 Å². The number of rotatable bonds is 12. The number of hydrogen-bond acceptors (Lipinski definition) is 3. The SMILES string of the molecule is Br.O=C=NCCCCCCCCCCCC(=O)O. The van der Waals surface area contributed by atoms with E-state index < -0.39 is 5.97 Å². The van der Waals surface area contributed by atoms with E-state index in [-0.39, 0.29) is 17.0 Å². The molecule has 4 nitrogen and oxygen atoms in total. The first kappa shape index (κ1) is 19.7. The van der Waals surface area contributed by atoms with Gasteiger partial charge in [0.1, 0.15) is 0 Å². The van der Waals surface area contributed by atoms with Crippen molar-refractivity contribution in [3.8, 4) is 0 Å². The number of carbonyl (C=O) groups is 1. The largest absolute Gasteiger partial charge is 0.481 e. The van der Waals surface area contributed by atoms with Crippen molar-refractivity contribution in [3.05, 3.63) is 0 Å². The number of aliphatic imine (C=N–C) groups is 1. The molecule has 0 radical (unpaired) electrons. The molecule has 0 heterocycles. The van der Waals surface area contributed by atoms with Crippen molar-refractivity contribution in [3.63, 3.8) is 0 Å². The number of unbranched alkanes of at least 4 members (excludes halogenated alkanes) is 8. The minimum absolute atomic E-state index is 0. The lowest BCUT2D eigenvalue weighted by atomic mass is 10.1. The summed E-state index contributed by atoms with van der Waals surface area (Å²) >= 11 is 0. The Bertz CT molecular complexity index is 230. The van der Waals surface area contributed by atoms with Crippen LogP contribution in [0, 0.1) is 0 Å². The minimum Gasteiger partial charge on any atom is -0.481 e. The summed E-state index contributed by atoms with van der Waals surface area (Å²) in [5.41, 5.74) is 0. The molecule has 0 saturated carbocycles. The molecule has 0 aromatic heterocycles. The van der Waals surface area contributed by atoms with Gasteiger partial charge in [-0.15, -0.1) is 17.0 Å². The highest BCUT2D eigenvalue weighted by atomic mass is 79.9. The quantitative estimate of drug-likeness (QED) is 0.337. The van der Waals surface area contributed by atoms with E-state index in [1.807, 2.05) is 0 Å². The topological polar surface area (TPSA) is 66.7 Å². The van der Waals surface area contributed by atoms with Crippen molar-refractivity contribution in [2.75, 3.05) is 6.54 Å². The Labute approximate surface area is 120 Å². The zero-order chi connectivity index (χ0) is 12.8.